The second kappa shape index (κ2) is 58.7. The molecule has 5 aromatic rings. The number of hydrogen-bond acceptors (Lipinski definition) is 21. The van der Waals surface area contributed by atoms with Crippen molar-refractivity contribution in [3.63, 3.8) is 0 Å². The predicted molar refractivity (Wildman–Crippen MR) is 483 cm³/mol. The van der Waals surface area contributed by atoms with Crippen molar-refractivity contribution in [2.45, 2.75) is 199 Å². The van der Waals surface area contributed by atoms with Crippen molar-refractivity contribution in [2.24, 2.45) is 15.9 Å². The highest BCUT2D eigenvalue weighted by Crippen LogP contribution is 2.23. The number of carboxylic acids is 1. The zero-order valence-electron chi connectivity index (χ0n) is 74.6. The highest BCUT2D eigenvalue weighted by Gasteiger charge is 2.41. The number of nitrogens with one attached hydrogen (secondary N) is 14. The van der Waals surface area contributed by atoms with Crippen LogP contribution >= 0.6 is 11.6 Å². The van der Waals surface area contributed by atoms with Crippen LogP contribution in [0.4, 0.5) is 0 Å². The Balaban J connectivity index is 1.23. The lowest BCUT2D eigenvalue weighted by Gasteiger charge is -2.31. The Morgan fingerprint density at radius 2 is 0.953 bits per heavy atom. The van der Waals surface area contributed by atoms with Gasteiger partial charge < -0.3 is 114 Å². The summed E-state index contributed by atoms with van der Waals surface area (Å²) < 4.78 is 21.3. The van der Waals surface area contributed by atoms with Crippen molar-refractivity contribution in [2.75, 3.05) is 112 Å². The summed E-state index contributed by atoms with van der Waals surface area (Å²) in [6.07, 6.45) is 4.61. The molecule has 10 atom stereocenters. The standard InChI is InChI=1S/C90H131ClN18O19/c1-9-93-89(94-10-2)98-38-17-15-24-69(80(116)104-71(49-58(5)6)81(117)103-70(25-16-18-39-99-90(95-11-3)96-12-4)88(124)109-41-20-26-77(109)87(123)100-59(7)79(115)97-40-42-125-43-44-126-45-46-127-47-48-128-57-78(113)114)102-83(119)73(52-62-30-35-68(112)36-31-62)107-86(122)76(56-110)108-85(121)75(54-64-21-19-37-92-55-64)106-84(120)74(51-61-28-33-67(91)34-29-61)105-82(118)72(101-60(8)111)53-63-27-32-65-22-13-14-23-66(65)50-63/h13-14,19,21-23,27-37,50,55,58-59,69-77,110,112H,9-12,15-18,20,24-26,38-49,51-54,56-57H2,1-8H3,(H,97,115)(H,100,123)(H,101,111)(H,102,119)(H,103,117)(H,104,116)(H,105,118)(H,106,120)(H,107,122)(H,108,121)(H,113,114)(H2,93,94,98)(H2,95,96,99)/t59?,69-,70+,71+,72-,73+,74-,75-,76+,77?/m1/s1. The van der Waals surface area contributed by atoms with E-state index < -0.39 is 145 Å². The maximum atomic E-state index is 15.3. The van der Waals surface area contributed by atoms with E-state index in [0.717, 1.165) is 10.8 Å². The number of rotatable bonds is 58. The van der Waals surface area contributed by atoms with E-state index in [9.17, 15) is 48.6 Å². The molecule has 0 bridgehead atoms. The van der Waals surface area contributed by atoms with Crippen molar-refractivity contribution >= 4 is 105 Å². The normalized spacial score (nSPS) is 14.8. The Hall–Kier alpha value is -11.6. The van der Waals surface area contributed by atoms with Gasteiger partial charge in [0, 0.05) is 102 Å². The number of carbonyl (C=O) groups excluding carboxylic acids is 11. The second-order valence-electron chi connectivity index (χ2n) is 31.2. The molecule has 38 heteroatoms. The SMILES string of the molecule is CCN=C(NCC)NCCCC[C@H](NC(=O)[C@H](CC(C)C)NC(=O)[C@@H](CCCCNC(=NCC)NCC)NC(=O)[C@H](Cc1ccc(O)cc1)NC(=O)[C@H](CO)NC(=O)[C@@H](Cc1cccnc1)NC(=O)[C@@H](Cc1ccc(Cl)cc1)NC(=O)[C@@H](Cc1ccc2ccccc2c1)NC(C)=O)C(=O)N1CCCC1C(=O)NC(C)C(=O)NCCOCCOCCOCCOCC(=O)O. The number of phenolic OH excluding ortho intramolecular Hbond substituents is 1. The van der Waals surface area contributed by atoms with Gasteiger partial charge in [0.1, 0.15) is 72.8 Å². The van der Waals surface area contributed by atoms with Gasteiger partial charge in [0.2, 0.25) is 65.0 Å². The third-order valence-corrected chi connectivity index (χ3v) is 20.6. The zero-order chi connectivity index (χ0) is 93.1. The molecule has 17 N–H and O–H groups in total. The molecule has 1 saturated heterocycles. The number of halogens is 1. The van der Waals surface area contributed by atoms with Crippen molar-refractivity contribution in [1.82, 2.24) is 84.3 Å². The first-order chi connectivity index (χ1) is 61.6. The molecule has 11 amide bonds. The third-order valence-electron chi connectivity index (χ3n) is 20.4. The number of likely N-dealkylation sites (tertiary alicyclic amines) is 1. The smallest absolute Gasteiger partial charge is 0.329 e. The number of phenols is 1. The molecule has 702 valence electrons. The van der Waals surface area contributed by atoms with Crippen LogP contribution < -0.4 is 74.4 Å². The number of benzene rings is 4. The van der Waals surface area contributed by atoms with Crippen molar-refractivity contribution < 1.29 is 91.8 Å². The summed E-state index contributed by atoms with van der Waals surface area (Å²) in [6, 6.07) is 15.0. The highest BCUT2D eigenvalue weighted by atomic mass is 35.5. The van der Waals surface area contributed by atoms with E-state index in [1.54, 1.807) is 36.4 Å². The van der Waals surface area contributed by atoms with Crippen LogP contribution in [0.3, 0.4) is 0 Å². The second-order valence-corrected chi connectivity index (χ2v) is 31.6. The molecule has 1 fully saturated rings. The van der Waals surface area contributed by atoms with E-state index in [1.165, 1.54) is 55.4 Å². The minimum absolute atomic E-state index is 0.0263. The first kappa shape index (κ1) is 105. The number of guanidine groups is 2. The quantitative estimate of drug-likeness (QED) is 0.0150. The maximum absolute atomic E-state index is 15.3. The van der Waals surface area contributed by atoms with Crippen LogP contribution in [0.2, 0.25) is 5.02 Å². The monoisotopic (exact) mass is 1800 g/mol. The fourth-order valence-corrected chi connectivity index (χ4v) is 14.1. The molecular weight excluding hydrogens is 1670 g/mol. The molecule has 6 rings (SSSR count). The Bertz CT molecular complexity index is 4380. The molecule has 1 aliphatic heterocycles. The number of aliphatic carboxylic acids is 1. The van der Waals surface area contributed by atoms with E-state index in [1.807, 2.05) is 84.0 Å². The van der Waals surface area contributed by atoms with Gasteiger partial charge in [-0.2, -0.15) is 0 Å². The number of aliphatic hydroxyl groups is 1. The number of aliphatic imine (C=N–C) groups is 2. The molecule has 4 aromatic carbocycles. The molecule has 0 spiro atoms. The fourth-order valence-electron chi connectivity index (χ4n) is 13.9. The number of amides is 11. The van der Waals surface area contributed by atoms with Gasteiger partial charge in [-0.05, 0) is 162 Å². The van der Waals surface area contributed by atoms with Crippen LogP contribution in [0.25, 0.3) is 10.8 Å². The topological polar surface area (TPSA) is 512 Å². The fraction of sp³-hybridized carbons (Fsp3) is 0.544. The molecule has 37 nitrogen and oxygen atoms in total. The minimum atomic E-state index is -1.84. The van der Waals surface area contributed by atoms with Crippen molar-refractivity contribution in [3.05, 3.63) is 143 Å². The van der Waals surface area contributed by atoms with Crippen LogP contribution in [-0.2, 0) is 102 Å². The summed E-state index contributed by atoms with van der Waals surface area (Å²) in [6.45, 7) is 17.3. The lowest BCUT2D eigenvalue weighted by Crippen LogP contribution is -2.61. The number of hydrogen-bond donors (Lipinski definition) is 17. The number of carbonyl (C=O) groups is 12. The van der Waals surface area contributed by atoms with Gasteiger partial charge in [-0.25, -0.2) is 4.79 Å². The van der Waals surface area contributed by atoms with E-state index >= 15 is 19.2 Å². The number of pyridine rings is 1. The summed E-state index contributed by atoms with van der Waals surface area (Å²) in [7, 11) is 0. The maximum Gasteiger partial charge on any atom is 0.329 e. The lowest BCUT2D eigenvalue weighted by atomic mass is 9.99. The van der Waals surface area contributed by atoms with Gasteiger partial charge in [0.15, 0.2) is 11.9 Å². The summed E-state index contributed by atoms with van der Waals surface area (Å²) in [5.74, 6) is -8.70. The summed E-state index contributed by atoms with van der Waals surface area (Å²) in [5, 5.41) is 72.9. The molecular formula is C90H131ClN18O19. The van der Waals surface area contributed by atoms with E-state index in [4.69, 9.17) is 35.7 Å². The van der Waals surface area contributed by atoms with Gasteiger partial charge in [0.25, 0.3) is 0 Å². The number of carboxylic acid groups (broad SMARTS) is 1. The molecule has 2 unspecified atom stereocenters. The van der Waals surface area contributed by atoms with Crippen LogP contribution in [0.1, 0.15) is 135 Å². The molecule has 1 aliphatic rings. The molecule has 2 heterocycles. The molecule has 1 aromatic heterocycles. The van der Waals surface area contributed by atoms with E-state index in [-0.39, 0.29) is 129 Å². The summed E-state index contributed by atoms with van der Waals surface area (Å²) in [4.78, 5) is 186. The number of unbranched alkanes of at least 4 members (excludes halogenated alkanes) is 2. The lowest BCUT2D eigenvalue weighted by molar-refractivity contribution is -0.143. The van der Waals surface area contributed by atoms with Crippen molar-refractivity contribution in [1.29, 1.82) is 0 Å². The van der Waals surface area contributed by atoms with Gasteiger partial charge in [0.05, 0.1) is 52.9 Å². The molecule has 128 heavy (non-hydrogen) atoms. The van der Waals surface area contributed by atoms with Crippen LogP contribution in [-0.4, -0.2) is 280 Å². The summed E-state index contributed by atoms with van der Waals surface area (Å²) >= 11 is 6.28. The molecule has 0 aliphatic carbocycles. The number of aromatic nitrogens is 1. The van der Waals surface area contributed by atoms with Crippen LogP contribution in [0.15, 0.2) is 126 Å². The number of nitrogens with zero attached hydrogens (tertiary/aromatic N) is 4. The number of aliphatic hydroxyl groups excluding tert-OH is 1. The average Bonchev–Trinajstić information content (AvgIpc) is 1.77. The summed E-state index contributed by atoms with van der Waals surface area (Å²) in [5.41, 5.74) is 2.10. The Kier molecular flexibility index (Phi) is 48.2. The first-order valence-electron chi connectivity index (χ1n) is 44.0. The number of fused-ring (bicyclic) bond motifs is 1. The average molecular weight is 1800 g/mol. The Morgan fingerprint density at radius 3 is 1.48 bits per heavy atom. The number of aromatic hydroxyl groups is 1. The highest BCUT2D eigenvalue weighted by molar-refractivity contribution is 6.30. The van der Waals surface area contributed by atoms with Crippen molar-refractivity contribution in [3.8, 4) is 5.75 Å². The van der Waals surface area contributed by atoms with E-state index in [2.05, 4.69) is 89.4 Å². The number of ether oxygens (including phenoxy) is 4. The molecule has 0 radical (unpaired) electrons. The van der Waals surface area contributed by atoms with Gasteiger partial charge in [-0.1, -0.05) is 98.2 Å². The van der Waals surface area contributed by atoms with Crippen LogP contribution in [0, 0.1) is 5.92 Å². The van der Waals surface area contributed by atoms with Gasteiger partial charge in [-0.15, -0.1) is 0 Å². The third kappa shape index (κ3) is 39.3. The van der Waals surface area contributed by atoms with E-state index in [0.29, 0.717) is 104 Å². The largest absolute Gasteiger partial charge is 0.508 e. The Labute approximate surface area is 753 Å². The molecule has 0 saturated carbocycles. The Morgan fingerprint density at radius 1 is 0.484 bits per heavy atom. The minimum Gasteiger partial charge on any atom is -0.508 e. The van der Waals surface area contributed by atoms with Crippen LogP contribution in [0.5, 0.6) is 5.75 Å². The predicted octanol–water partition coefficient (Wildman–Crippen LogP) is 2.05. The first-order valence-corrected chi connectivity index (χ1v) is 44.3. The van der Waals surface area contributed by atoms with Gasteiger partial charge >= 0.3 is 5.97 Å². The van der Waals surface area contributed by atoms with Gasteiger partial charge in [-0.3, -0.25) is 67.7 Å². The zero-order valence-corrected chi connectivity index (χ0v) is 75.3.